The summed E-state index contributed by atoms with van der Waals surface area (Å²) in [4.78, 5) is 17.9. The molecule has 0 bridgehead atoms. The zero-order chi connectivity index (χ0) is 20.8. The molecule has 1 aromatic rings. The van der Waals surface area contributed by atoms with Crippen molar-refractivity contribution >= 4 is 12.0 Å². The number of Topliss-reactive ketones (excluding diaryl/α,β-unsaturated/α-hetero) is 1. The van der Waals surface area contributed by atoms with Crippen LogP contribution in [0.1, 0.15) is 68.4 Å². The highest BCUT2D eigenvalue weighted by atomic mass is 16.1. The van der Waals surface area contributed by atoms with Crippen molar-refractivity contribution in [3.63, 3.8) is 0 Å². The number of hydrogen-bond donors (Lipinski definition) is 0. The summed E-state index contributed by atoms with van der Waals surface area (Å²) in [5.74, 6) is 6.43. The summed E-state index contributed by atoms with van der Waals surface area (Å²) in [6.07, 6.45) is 12.4. The maximum Gasteiger partial charge on any atom is 0.169 e. The number of nitrogens with zero attached hydrogens (tertiary/aromatic N) is 1. The molecular weight excluding hydrogens is 342 g/mol. The smallest absolute Gasteiger partial charge is 0.169 e. The van der Waals surface area contributed by atoms with E-state index in [4.69, 9.17) is 0 Å². The third kappa shape index (κ3) is 5.10. The van der Waals surface area contributed by atoms with E-state index in [1.54, 1.807) is 6.21 Å². The molecule has 0 saturated carbocycles. The Morgan fingerprint density at radius 2 is 1.96 bits per heavy atom. The van der Waals surface area contributed by atoms with Crippen molar-refractivity contribution in [2.75, 3.05) is 0 Å². The van der Waals surface area contributed by atoms with Crippen molar-refractivity contribution in [2.24, 2.45) is 16.3 Å². The van der Waals surface area contributed by atoms with Crippen LogP contribution >= 0.6 is 0 Å². The molecule has 2 rings (SSSR count). The van der Waals surface area contributed by atoms with Crippen LogP contribution in [0.2, 0.25) is 0 Å². The standard InChI is InChI=1S/C26H33NO/c1-7-25(5,8-2)16-11-9-10-13-23(26(6)17-12-18-27-26)24(28)22-15-14-20(3)21(4)19-22/h9-10,12,14-15,17-19,23H,7-8,13H2,1-6H3. The monoisotopic (exact) mass is 375 g/mol. The molecule has 0 radical (unpaired) electrons. The molecule has 2 atom stereocenters. The molecule has 1 heterocycles. The molecule has 1 aromatic carbocycles. The molecule has 0 fully saturated rings. The molecule has 1 aliphatic rings. The average molecular weight is 376 g/mol. The number of benzene rings is 1. The van der Waals surface area contributed by atoms with Crippen LogP contribution in [0, 0.1) is 37.0 Å². The van der Waals surface area contributed by atoms with Crippen LogP contribution in [-0.4, -0.2) is 17.5 Å². The van der Waals surface area contributed by atoms with Crippen LogP contribution in [0.25, 0.3) is 0 Å². The third-order valence-corrected chi connectivity index (χ3v) is 6.19. The van der Waals surface area contributed by atoms with Crippen LogP contribution in [0.5, 0.6) is 0 Å². The number of carbonyl (C=O) groups excluding carboxylic acids is 1. The summed E-state index contributed by atoms with van der Waals surface area (Å²) in [6.45, 7) is 12.7. The lowest BCUT2D eigenvalue weighted by Crippen LogP contribution is -2.35. The fourth-order valence-electron chi connectivity index (χ4n) is 3.30. The van der Waals surface area contributed by atoms with E-state index in [0.717, 1.165) is 24.0 Å². The van der Waals surface area contributed by atoms with Crippen molar-refractivity contribution in [1.29, 1.82) is 0 Å². The molecule has 0 saturated heterocycles. The maximum atomic E-state index is 13.3. The summed E-state index contributed by atoms with van der Waals surface area (Å²) >= 11 is 0. The molecule has 2 heteroatoms. The van der Waals surface area contributed by atoms with E-state index < -0.39 is 5.54 Å². The Labute approximate surface area is 170 Å². The zero-order valence-corrected chi connectivity index (χ0v) is 18.2. The predicted molar refractivity (Wildman–Crippen MR) is 120 cm³/mol. The molecule has 0 aliphatic carbocycles. The van der Waals surface area contributed by atoms with E-state index >= 15 is 0 Å². The molecule has 0 spiro atoms. The molecule has 148 valence electrons. The molecule has 0 aromatic heterocycles. The zero-order valence-electron chi connectivity index (χ0n) is 18.2. The first kappa shape index (κ1) is 21.9. The molecule has 1 aliphatic heterocycles. The lowest BCUT2D eigenvalue weighted by molar-refractivity contribution is 0.0884. The van der Waals surface area contributed by atoms with Crippen molar-refractivity contribution in [3.05, 3.63) is 59.2 Å². The van der Waals surface area contributed by atoms with E-state index in [2.05, 4.69) is 44.5 Å². The number of aliphatic imine (C=N–C) groups is 1. The number of ketones is 1. The van der Waals surface area contributed by atoms with E-state index in [1.165, 1.54) is 5.56 Å². The minimum absolute atomic E-state index is 0.0590. The number of allylic oxidation sites excluding steroid dienone is 3. The maximum absolute atomic E-state index is 13.3. The van der Waals surface area contributed by atoms with Crippen LogP contribution in [0.4, 0.5) is 0 Å². The molecular formula is C26H33NO. The molecule has 2 unspecified atom stereocenters. The van der Waals surface area contributed by atoms with Gasteiger partial charge in [-0.2, -0.15) is 0 Å². The van der Waals surface area contributed by atoms with Gasteiger partial charge in [0.25, 0.3) is 0 Å². The Balaban J connectivity index is 2.24. The number of carbonyl (C=O) groups is 1. The van der Waals surface area contributed by atoms with Gasteiger partial charge in [0.05, 0.1) is 11.5 Å². The van der Waals surface area contributed by atoms with Gasteiger partial charge in [0.15, 0.2) is 5.78 Å². The fraction of sp³-hybridized carbons (Fsp3) is 0.462. The number of rotatable bonds is 7. The lowest BCUT2D eigenvalue weighted by atomic mass is 9.78. The summed E-state index contributed by atoms with van der Waals surface area (Å²) in [6, 6.07) is 5.95. The minimum Gasteiger partial charge on any atom is -0.294 e. The lowest BCUT2D eigenvalue weighted by Gasteiger charge is -2.28. The molecule has 28 heavy (non-hydrogen) atoms. The van der Waals surface area contributed by atoms with E-state index in [0.29, 0.717) is 6.42 Å². The van der Waals surface area contributed by atoms with Gasteiger partial charge in [0, 0.05) is 17.2 Å². The Bertz CT molecular complexity index is 844. The van der Waals surface area contributed by atoms with Crippen LogP contribution in [0.15, 0.2) is 47.5 Å². The quantitative estimate of drug-likeness (QED) is 0.407. The number of aryl methyl sites for hydroxylation is 2. The summed E-state index contributed by atoms with van der Waals surface area (Å²) in [5.41, 5.74) is 2.65. The molecule has 0 N–H and O–H groups in total. The van der Waals surface area contributed by atoms with Crippen LogP contribution < -0.4 is 0 Å². The first-order valence-corrected chi connectivity index (χ1v) is 10.3. The third-order valence-electron chi connectivity index (χ3n) is 6.19. The normalized spacial score (nSPS) is 19.6. The average Bonchev–Trinajstić information content (AvgIpc) is 3.13. The van der Waals surface area contributed by atoms with Crippen LogP contribution in [0.3, 0.4) is 0 Å². The largest absolute Gasteiger partial charge is 0.294 e. The Morgan fingerprint density at radius 1 is 1.25 bits per heavy atom. The van der Waals surface area contributed by atoms with E-state index in [1.807, 2.05) is 56.4 Å². The summed E-state index contributed by atoms with van der Waals surface area (Å²) in [5, 5.41) is 0. The summed E-state index contributed by atoms with van der Waals surface area (Å²) < 4.78 is 0. The highest BCUT2D eigenvalue weighted by Crippen LogP contribution is 2.32. The first-order valence-electron chi connectivity index (χ1n) is 10.3. The van der Waals surface area contributed by atoms with Gasteiger partial charge in [-0.15, -0.1) is 0 Å². The Hall–Kier alpha value is -2.40. The second kappa shape index (κ2) is 9.20. The van der Waals surface area contributed by atoms with Crippen molar-refractivity contribution in [1.82, 2.24) is 0 Å². The highest BCUT2D eigenvalue weighted by Gasteiger charge is 2.37. The fourth-order valence-corrected chi connectivity index (χ4v) is 3.30. The second-order valence-corrected chi connectivity index (χ2v) is 8.25. The second-order valence-electron chi connectivity index (χ2n) is 8.25. The van der Waals surface area contributed by atoms with Gasteiger partial charge in [0.1, 0.15) is 0 Å². The molecule has 0 amide bonds. The first-order chi connectivity index (χ1) is 13.2. The van der Waals surface area contributed by atoms with E-state index in [9.17, 15) is 4.79 Å². The van der Waals surface area contributed by atoms with Crippen LogP contribution in [-0.2, 0) is 0 Å². The van der Waals surface area contributed by atoms with Crippen molar-refractivity contribution in [3.8, 4) is 11.8 Å². The van der Waals surface area contributed by atoms with Gasteiger partial charge in [-0.3, -0.25) is 9.79 Å². The summed E-state index contributed by atoms with van der Waals surface area (Å²) in [7, 11) is 0. The van der Waals surface area contributed by atoms with Gasteiger partial charge in [-0.05, 0) is 76.3 Å². The van der Waals surface area contributed by atoms with Gasteiger partial charge in [-0.25, -0.2) is 0 Å². The van der Waals surface area contributed by atoms with Crippen molar-refractivity contribution < 1.29 is 4.79 Å². The predicted octanol–water partition coefficient (Wildman–Crippen LogP) is 6.28. The minimum atomic E-state index is -0.505. The molecule has 2 nitrogen and oxygen atoms in total. The SMILES string of the molecule is CCC(C)(C#CC=CCC(C(=O)c1ccc(C)c(C)c1)C1(C)C=CC=N1)CC. The van der Waals surface area contributed by atoms with Gasteiger partial charge in [0.2, 0.25) is 0 Å². The van der Waals surface area contributed by atoms with Gasteiger partial charge in [-0.1, -0.05) is 50.0 Å². The Kier molecular flexibility index (Phi) is 7.19. The van der Waals surface area contributed by atoms with Gasteiger partial charge < -0.3 is 0 Å². The van der Waals surface area contributed by atoms with Crippen molar-refractivity contribution in [2.45, 2.75) is 66.3 Å². The number of hydrogen-bond acceptors (Lipinski definition) is 2. The topological polar surface area (TPSA) is 29.4 Å². The van der Waals surface area contributed by atoms with Gasteiger partial charge >= 0.3 is 0 Å². The Morgan fingerprint density at radius 3 is 2.54 bits per heavy atom. The highest BCUT2D eigenvalue weighted by molar-refractivity contribution is 5.99. The van der Waals surface area contributed by atoms with E-state index in [-0.39, 0.29) is 17.1 Å².